The molecular weight excluding hydrogens is 241 g/mol. The molecule has 1 aliphatic heterocycles. The van der Waals surface area contributed by atoms with Crippen LogP contribution < -0.4 is 5.32 Å². The van der Waals surface area contributed by atoms with Gasteiger partial charge in [-0.2, -0.15) is 0 Å². The summed E-state index contributed by atoms with van der Waals surface area (Å²) in [6, 6.07) is 5.48. The zero-order valence-electron chi connectivity index (χ0n) is 7.81. The number of sulfone groups is 1. The van der Waals surface area contributed by atoms with Crippen molar-refractivity contribution in [2.24, 2.45) is 0 Å². The Morgan fingerprint density at radius 1 is 1.27 bits per heavy atom. The van der Waals surface area contributed by atoms with Gasteiger partial charge in [-0.15, -0.1) is 12.4 Å². The highest BCUT2D eigenvalue weighted by molar-refractivity contribution is 7.92. The van der Waals surface area contributed by atoms with Gasteiger partial charge >= 0.3 is 0 Å². The Morgan fingerprint density at radius 3 is 2.33 bits per heavy atom. The Kier molecular flexibility index (Phi) is 3.70. The van der Waals surface area contributed by atoms with E-state index in [1.165, 1.54) is 24.3 Å². The Morgan fingerprint density at radius 2 is 1.87 bits per heavy atom. The van der Waals surface area contributed by atoms with Gasteiger partial charge in [0.15, 0.2) is 9.84 Å². The largest absolute Gasteiger partial charge is 0.314 e. The third kappa shape index (κ3) is 2.14. The summed E-state index contributed by atoms with van der Waals surface area (Å²) in [6.45, 7) is 0.827. The predicted molar refractivity (Wildman–Crippen MR) is 57.5 cm³/mol. The number of benzene rings is 1. The predicted octanol–water partition coefficient (Wildman–Crippen LogP) is 0.993. The highest BCUT2D eigenvalue weighted by Crippen LogP contribution is 2.21. The number of nitrogens with one attached hydrogen (secondary N) is 1. The first-order valence-corrected chi connectivity index (χ1v) is 5.86. The fraction of sp³-hybridized carbons (Fsp3) is 0.333. The van der Waals surface area contributed by atoms with Crippen molar-refractivity contribution in [1.82, 2.24) is 5.32 Å². The molecule has 0 unspecified atom stereocenters. The van der Waals surface area contributed by atoms with Gasteiger partial charge in [0.2, 0.25) is 0 Å². The third-order valence-electron chi connectivity index (χ3n) is 2.33. The Hall–Kier alpha value is -0.650. The van der Waals surface area contributed by atoms with Gasteiger partial charge in [0.1, 0.15) is 10.7 Å². The van der Waals surface area contributed by atoms with E-state index in [4.69, 9.17) is 0 Å². The van der Waals surface area contributed by atoms with Crippen LogP contribution in [0, 0.1) is 5.82 Å². The van der Waals surface area contributed by atoms with Gasteiger partial charge in [-0.05, 0) is 12.1 Å². The van der Waals surface area contributed by atoms with E-state index in [-0.39, 0.29) is 17.3 Å². The zero-order valence-corrected chi connectivity index (χ0v) is 9.44. The molecule has 0 aliphatic carbocycles. The normalized spacial score (nSPS) is 16.6. The van der Waals surface area contributed by atoms with Gasteiger partial charge in [-0.1, -0.05) is 12.1 Å². The second-order valence-electron chi connectivity index (χ2n) is 3.26. The van der Waals surface area contributed by atoms with Crippen molar-refractivity contribution in [3.05, 3.63) is 30.1 Å². The molecule has 0 aromatic heterocycles. The van der Waals surface area contributed by atoms with E-state index in [1.54, 1.807) is 0 Å². The lowest BCUT2D eigenvalue weighted by Crippen LogP contribution is -2.51. The van der Waals surface area contributed by atoms with E-state index in [1.807, 2.05) is 0 Å². The van der Waals surface area contributed by atoms with Crippen LogP contribution >= 0.6 is 12.4 Å². The molecule has 1 aromatic carbocycles. The summed E-state index contributed by atoms with van der Waals surface area (Å²) in [5.41, 5.74) is 0. The fourth-order valence-electron chi connectivity index (χ4n) is 1.34. The molecule has 0 radical (unpaired) electrons. The molecule has 0 bridgehead atoms. The summed E-state index contributed by atoms with van der Waals surface area (Å²) in [5.74, 6) is -0.667. The Balaban J connectivity index is 0.00000112. The number of hydrogen-bond acceptors (Lipinski definition) is 3. The van der Waals surface area contributed by atoms with Crippen LogP contribution in [0.5, 0.6) is 0 Å². The standard InChI is InChI=1S/C9H10FNO2S.ClH/c10-8-3-1-2-4-9(8)14(12,13)7-5-11-6-7;/h1-4,7,11H,5-6H2;1H. The first kappa shape index (κ1) is 12.4. The molecule has 1 aliphatic rings. The zero-order chi connectivity index (χ0) is 10.2. The van der Waals surface area contributed by atoms with Crippen LogP contribution in [0.1, 0.15) is 0 Å². The van der Waals surface area contributed by atoms with Crippen molar-refractivity contribution in [2.45, 2.75) is 10.1 Å². The van der Waals surface area contributed by atoms with Gasteiger partial charge in [-0.25, -0.2) is 12.8 Å². The molecule has 1 saturated heterocycles. The van der Waals surface area contributed by atoms with Crippen molar-refractivity contribution in [1.29, 1.82) is 0 Å². The van der Waals surface area contributed by atoms with Crippen LogP contribution in [0.3, 0.4) is 0 Å². The second kappa shape index (κ2) is 4.47. The van der Waals surface area contributed by atoms with Gasteiger partial charge in [0.25, 0.3) is 0 Å². The lowest BCUT2D eigenvalue weighted by molar-refractivity contribution is 0.489. The molecule has 1 N–H and O–H groups in total. The highest BCUT2D eigenvalue weighted by Gasteiger charge is 2.33. The maximum atomic E-state index is 13.2. The number of rotatable bonds is 2. The lowest BCUT2D eigenvalue weighted by atomic mass is 10.3. The van der Waals surface area contributed by atoms with Crippen LogP contribution in [0.15, 0.2) is 29.2 Å². The Bertz CT molecular complexity index is 445. The van der Waals surface area contributed by atoms with Crippen LogP contribution in [-0.4, -0.2) is 26.8 Å². The van der Waals surface area contributed by atoms with E-state index in [2.05, 4.69) is 5.32 Å². The summed E-state index contributed by atoms with van der Waals surface area (Å²) in [5, 5.41) is 2.38. The lowest BCUT2D eigenvalue weighted by Gasteiger charge is -2.26. The van der Waals surface area contributed by atoms with Gasteiger partial charge in [-0.3, -0.25) is 0 Å². The molecular formula is C9H11ClFNO2S. The van der Waals surface area contributed by atoms with E-state index in [0.717, 1.165) is 0 Å². The third-order valence-corrected chi connectivity index (χ3v) is 4.48. The molecule has 2 rings (SSSR count). The van der Waals surface area contributed by atoms with Crippen molar-refractivity contribution in [3.63, 3.8) is 0 Å². The van der Waals surface area contributed by atoms with Gasteiger partial charge < -0.3 is 5.32 Å². The van der Waals surface area contributed by atoms with E-state index < -0.39 is 20.9 Å². The number of halogens is 2. The first-order valence-electron chi connectivity index (χ1n) is 4.31. The molecule has 0 amide bonds. The first-order chi connectivity index (χ1) is 6.62. The Labute approximate surface area is 94.0 Å². The molecule has 0 spiro atoms. The van der Waals surface area contributed by atoms with Crippen LogP contribution in [0.25, 0.3) is 0 Å². The van der Waals surface area contributed by atoms with Crippen molar-refractivity contribution in [2.75, 3.05) is 13.1 Å². The van der Waals surface area contributed by atoms with Crippen molar-refractivity contribution < 1.29 is 12.8 Å². The van der Waals surface area contributed by atoms with E-state index in [9.17, 15) is 12.8 Å². The van der Waals surface area contributed by atoms with Crippen molar-refractivity contribution in [3.8, 4) is 0 Å². The van der Waals surface area contributed by atoms with E-state index in [0.29, 0.717) is 13.1 Å². The minimum atomic E-state index is -3.47. The molecule has 1 heterocycles. The maximum Gasteiger partial charge on any atom is 0.186 e. The minimum absolute atomic E-state index is 0. The molecule has 6 heteroatoms. The highest BCUT2D eigenvalue weighted by atomic mass is 35.5. The molecule has 84 valence electrons. The summed E-state index contributed by atoms with van der Waals surface area (Å²) in [4.78, 5) is -0.188. The molecule has 1 aromatic rings. The second-order valence-corrected chi connectivity index (χ2v) is 5.45. The van der Waals surface area contributed by atoms with Crippen molar-refractivity contribution >= 4 is 22.2 Å². The van der Waals surface area contributed by atoms with Gasteiger partial charge in [0.05, 0.1) is 5.25 Å². The summed E-state index contributed by atoms with van der Waals surface area (Å²) < 4.78 is 36.7. The fourth-order valence-corrected chi connectivity index (χ4v) is 2.98. The van der Waals surface area contributed by atoms with Crippen LogP contribution in [0.2, 0.25) is 0 Å². The molecule has 0 atom stereocenters. The monoisotopic (exact) mass is 251 g/mol. The maximum absolute atomic E-state index is 13.2. The molecule has 0 saturated carbocycles. The van der Waals surface area contributed by atoms with Gasteiger partial charge in [0, 0.05) is 13.1 Å². The average molecular weight is 252 g/mol. The minimum Gasteiger partial charge on any atom is -0.314 e. The summed E-state index contributed by atoms with van der Waals surface area (Å²) >= 11 is 0. The average Bonchev–Trinajstić information content (AvgIpc) is 2.00. The van der Waals surface area contributed by atoms with Crippen LogP contribution in [-0.2, 0) is 9.84 Å². The van der Waals surface area contributed by atoms with Crippen LogP contribution in [0.4, 0.5) is 4.39 Å². The molecule has 3 nitrogen and oxygen atoms in total. The van der Waals surface area contributed by atoms with E-state index >= 15 is 0 Å². The quantitative estimate of drug-likeness (QED) is 0.853. The smallest absolute Gasteiger partial charge is 0.186 e. The summed E-state index contributed by atoms with van der Waals surface area (Å²) in [7, 11) is -3.47. The SMILES string of the molecule is Cl.O=S(=O)(c1ccccc1F)C1CNC1. The molecule has 15 heavy (non-hydrogen) atoms. The molecule has 1 fully saturated rings. The topological polar surface area (TPSA) is 46.2 Å². The summed E-state index contributed by atoms with van der Waals surface area (Å²) in [6.07, 6.45) is 0. The number of hydrogen-bond donors (Lipinski definition) is 1.